The lowest BCUT2D eigenvalue weighted by Crippen LogP contribution is -2.41. The van der Waals surface area contributed by atoms with Crippen molar-refractivity contribution in [2.24, 2.45) is 5.92 Å². The van der Waals surface area contributed by atoms with Crippen LogP contribution in [-0.2, 0) is 4.79 Å². The van der Waals surface area contributed by atoms with Crippen molar-refractivity contribution in [1.82, 2.24) is 10.2 Å². The highest BCUT2D eigenvalue weighted by atomic mass is 16.2. The summed E-state index contributed by atoms with van der Waals surface area (Å²) in [6, 6.07) is 0.299. The Balaban J connectivity index is 2.07. The van der Waals surface area contributed by atoms with Crippen molar-refractivity contribution in [3.63, 3.8) is 0 Å². The molecule has 0 unspecified atom stereocenters. The van der Waals surface area contributed by atoms with Gasteiger partial charge in [0.25, 0.3) is 0 Å². The van der Waals surface area contributed by atoms with Gasteiger partial charge in [0.1, 0.15) is 0 Å². The molecule has 1 saturated carbocycles. The molecule has 1 aliphatic carbocycles. The van der Waals surface area contributed by atoms with Crippen molar-refractivity contribution in [1.29, 1.82) is 0 Å². The average molecular weight is 198 g/mol. The normalized spacial score (nSPS) is 16.9. The van der Waals surface area contributed by atoms with E-state index in [2.05, 4.69) is 5.32 Å². The largest absolute Gasteiger partial charge is 0.342 e. The van der Waals surface area contributed by atoms with E-state index in [9.17, 15) is 4.79 Å². The van der Waals surface area contributed by atoms with Crippen molar-refractivity contribution in [3.05, 3.63) is 0 Å². The van der Waals surface area contributed by atoms with Crippen LogP contribution in [0.3, 0.4) is 0 Å². The van der Waals surface area contributed by atoms with Crippen LogP contribution in [0.1, 0.15) is 33.1 Å². The lowest BCUT2D eigenvalue weighted by atomic mass is 9.85. The zero-order valence-corrected chi connectivity index (χ0v) is 9.55. The molecule has 1 amide bonds. The Bertz CT molecular complexity index is 188. The highest BCUT2D eigenvalue weighted by molar-refractivity contribution is 5.78. The third-order valence-electron chi connectivity index (χ3n) is 3.10. The monoisotopic (exact) mass is 198 g/mol. The van der Waals surface area contributed by atoms with Gasteiger partial charge in [-0.15, -0.1) is 0 Å². The Morgan fingerprint density at radius 3 is 2.57 bits per heavy atom. The minimum Gasteiger partial charge on any atom is -0.342 e. The van der Waals surface area contributed by atoms with Crippen molar-refractivity contribution in [2.45, 2.75) is 39.2 Å². The summed E-state index contributed by atoms with van der Waals surface area (Å²) in [5.74, 6) is 1.02. The van der Waals surface area contributed by atoms with Gasteiger partial charge in [0.2, 0.25) is 5.91 Å². The summed E-state index contributed by atoms with van der Waals surface area (Å²) in [5, 5.41) is 3.23. The van der Waals surface area contributed by atoms with Crippen molar-refractivity contribution < 1.29 is 4.79 Å². The van der Waals surface area contributed by atoms with Gasteiger partial charge in [-0.3, -0.25) is 4.79 Å². The topological polar surface area (TPSA) is 32.3 Å². The first-order chi connectivity index (χ1) is 6.61. The molecule has 0 heterocycles. The number of carbonyl (C=O) groups excluding carboxylic acids is 1. The van der Waals surface area contributed by atoms with E-state index in [1.54, 1.807) is 4.90 Å². The first-order valence-electron chi connectivity index (χ1n) is 5.57. The predicted octanol–water partition coefficient (Wildman–Crippen LogP) is 1.24. The Hall–Kier alpha value is -0.570. The lowest BCUT2D eigenvalue weighted by molar-refractivity contribution is -0.130. The molecule has 0 bridgehead atoms. The fourth-order valence-corrected chi connectivity index (χ4v) is 1.49. The molecular formula is C11H22N2O. The zero-order chi connectivity index (χ0) is 10.6. The van der Waals surface area contributed by atoms with E-state index in [-0.39, 0.29) is 5.91 Å². The molecule has 0 atom stereocenters. The summed E-state index contributed by atoms with van der Waals surface area (Å²) < 4.78 is 0. The lowest BCUT2D eigenvalue weighted by Gasteiger charge is -2.26. The molecule has 3 heteroatoms. The van der Waals surface area contributed by atoms with E-state index in [4.69, 9.17) is 0 Å². The SMILES string of the molecule is CC(C)N(C)C(=O)CNCC1CCC1. The van der Waals surface area contributed by atoms with E-state index in [1.807, 2.05) is 20.9 Å². The Labute approximate surface area is 86.9 Å². The van der Waals surface area contributed by atoms with Gasteiger partial charge in [0.05, 0.1) is 6.54 Å². The summed E-state index contributed by atoms with van der Waals surface area (Å²) in [7, 11) is 1.86. The predicted molar refractivity (Wildman–Crippen MR) is 58.1 cm³/mol. The maximum absolute atomic E-state index is 11.5. The molecule has 1 fully saturated rings. The van der Waals surface area contributed by atoms with Gasteiger partial charge in [-0.1, -0.05) is 6.42 Å². The standard InChI is InChI=1S/C11H22N2O/c1-9(2)13(3)11(14)8-12-7-10-5-4-6-10/h9-10,12H,4-8H2,1-3H3. The second-order valence-electron chi connectivity index (χ2n) is 4.53. The molecule has 1 aliphatic rings. The first kappa shape index (κ1) is 11.5. The highest BCUT2D eigenvalue weighted by Crippen LogP contribution is 2.24. The molecule has 0 saturated heterocycles. The maximum atomic E-state index is 11.5. The second-order valence-corrected chi connectivity index (χ2v) is 4.53. The summed E-state index contributed by atoms with van der Waals surface area (Å²) >= 11 is 0. The van der Waals surface area contributed by atoms with Crippen molar-refractivity contribution in [2.75, 3.05) is 20.1 Å². The molecule has 0 spiro atoms. The molecule has 3 nitrogen and oxygen atoms in total. The number of amides is 1. The van der Waals surface area contributed by atoms with E-state index < -0.39 is 0 Å². The van der Waals surface area contributed by atoms with Gasteiger partial charge in [-0.05, 0) is 39.2 Å². The van der Waals surface area contributed by atoms with Crippen molar-refractivity contribution in [3.8, 4) is 0 Å². The number of carbonyl (C=O) groups is 1. The quantitative estimate of drug-likeness (QED) is 0.721. The van der Waals surface area contributed by atoms with E-state index in [0.29, 0.717) is 12.6 Å². The summed E-state index contributed by atoms with van der Waals surface area (Å²) in [5.41, 5.74) is 0. The molecule has 14 heavy (non-hydrogen) atoms. The van der Waals surface area contributed by atoms with Crippen LogP contribution in [0.15, 0.2) is 0 Å². The van der Waals surface area contributed by atoms with E-state index in [1.165, 1.54) is 19.3 Å². The summed E-state index contributed by atoms with van der Waals surface area (Å²) in [6.45, 7) is 5.57. The molecule has 0 aliphatic heterocycles. The van der Waals surface area contributed by atoms with Crippen LogP contribution < -0.4 is 5.32 Å². The highest BCUT2D eigenvalue weighted by Gasteiger charge is 2.17. The van der Waals surface area contributed by atoms with Gasteiger partial charge in [0.15, 0.2) is 0 Å². The fraction of sp³-hybridized carbons (Fsp3) is 0.909. The molecule has 0 aromatic carbocycles. The van der Waals surface area contributed by atoms with Gasteiger partial charge in [-0.2, -0.15) is 0 Å². The molecule has 0 aromatic heterocycles. The zero-order valence-electron chi connectivity index (χ0n) is 9.55. The van der Waals surface area contributed by atoms with Crippen LogP contribution in [0.25, 0.3) is 0 Å². The summed E-state index contributed by atoms with van der Waals surface area (Å²) in [6.07, 6.45) is 4.04. The first-order valence-corrected chi connectivity index (χ1v) is 5.57. The Morgan fingerprint density at radius 2 is 2.14 bits per heavy atom. The van der Waals surface area contributed by atoms with Gasteiger partial charge < -0.3 is 10.2 Å². The third kappa shape index (κ3) is 3.29. The van der Waals surface area contributed by atoms with Crippen LogP contribution in [0.5, 0.6) is 0 Å². The molecule has 0 radical (unpaired) electrons. The summed E-state index contributed by atoms with van der Waals surface area (Å²) in [4.78, 5) is 13.3. The van der Waals surface area contributed by atoms with Gasteiger partial charge in [-0.25, -0.2) is 0 Å². The number of hydrogen-bond donors (Lipinski definition) is 1. The van der Waals surface area contributed by atoms with Crippen LogP contribution in [0.2, 0.25) is 0 Å². The molecule has 82 valence electrons. The van der Waals surface area contributed by atoms with E-state index >= 15 is 0 Å². The second kappa shape index (κ2) is 5.35. The number of rotatable bonds is 5. The number of hydrogen-bond acceptors (Lipinski definition) is 2. The van der Waals surface area contributed by atoms with Crippen molar-refractivity contribution >= 4 is 5.91 Å². The molecule has 0 aromatic rings. The smallest absolute Gasteiger partial charge is 0.236 e. The number of likely N-dealkylation sites (N-methyl/N-ethyl adjacent to an activating group) is 1. The Kier molecular flexibility index (Phi) is 4.39. The van der Waals surface area contributed by atoms with Crippen LogP contribution >= 0.6 is 0 Å². The number of nitrogens with zero attached hydrogens (tertiary/aromatic N) is 1. The minimum atomic E-state index is 0.194. The van der Waals surface area contributed by atoms with Crippen LogP contribution in [-0.4, -0.2) is 37.0 Å². The fourth-order valence-electron chi connectivity index (χ4n) is 1.49. The van der Waals surface area contributed by atoms with E-state index in [0.717, 1.165) is 12.5 Å². The Morgan fingerprint density at radius 1 is 1.50 bits per heavy atom. The van der Waals surface area contributed by atoms with Crippen LogP contribution in [0, 0.1) is 5.92 Å². The number of nitrogens with one attached hydrogen (secondary N) is 1. The average Bonchev–Trinajstić information content (AvgIpc) is 2.07. The van der Waals surface area contributed by atoms with Gasteiger partial charge in [0, 0.05) is 13.1 Å². The van der Waals surface area contributed by atoms with Crippen LogP contribution in [0.4, 0.5) is 0 Å². The maximum Gasteiger partial charge on any atom is 0.236 e. The molecular weight excluding hydrogens is 176 g/mol. The minimum absolute atomic E-state index is 0.194. The third-order valence-corrected chi connectivity index (χ3v) is 3.10. The molecule has 1 N–H and O–H groups in total. The van der Waals surface area contributed by atoms with Gasteiger partial charge >= 0.3 is 0 Å². The molecule has 1 rings (SSSR count).